The van der Waals surface area contributed by atoms with Gasteiger partial charge in [0.2, 0.25) is 5.91 Å². The summed E-state index contributed by atoms with van der Waals surface area (Å²) in [6.45, 7) is 0. The lowest BCUT2D eigenvalue weighted by Gasteiger charge is -2.08. The van der Waals surface area contributed by atoms with Gasteiger partial charge in [0.25, 0.3) is 0 Å². The fraction of sp³-hybridized carbons (Fsp3) is 0.600. The van der Waals surface area contributed by atoms with Crippen LogP contribution in [0.2, 0.25) is 0 Å². The molecule has 0 spiro atoms. The van der Waals surface area contributed by atoms with Crippen LogP contribution in [0.1, 0.15) is 48.1 Å². The third-order valence-corrected chi connectivity index (χ3v) is 6.62. The molecule has 1 aromatic rings. The van der Waals surface area contributed by atoms with Crippen LogP contribution >= 0.6 is 23.1 Å². The van der Waals surface area contributed by atoms with Crippen molar-refractivity contribution in [3.8, 4) is 6.07 Å². The zero-order valence-corrected chi connectivity index (χ0v) is 13.0. The Bertz CT molecular complexity index is 553. The molecule has 0 bridgehead atoms. The summed E-state index contributed by atoms with van der Waals surface area (Å²) < 4.78 is 0. The van der Waals surface area contributed by atoms with Crippen LogP contribution in [0.25, 0.3) is 0 Å². The van der Waals surface area contributed by atoms with E-state index in [4.69, 9.17) is 0 Å². The lowest BCUT2D eigenvalue weighted by molar-refractivity contribution is -0.113. The van der Waals surface area contributed by atoms with Crippen molar-refractivity contribution in [2.45, 2.75) is 50.2 Å². The molecule has 1 aromatic heterocycles. The average molecular weight is 306 g/mol. The second kappa shape index (κ2) is 6.19. The van der Waals surface area contributed by atoms with Crippen LogP contribution in [0, 0.1) is 11.3 Å². The summed E-state index contributed by atoms with van der Waals surface area (Å²) in [6.07, 6.45) is 8.28. The number of amides is 1. The largest absolute Gasteiger partial charge is 0.316 e. The zero-order chi connectivity index (χ0) is 13.9. The number of aryl methyl sites for hydroxylation is 1. The van der Waals surface area contributed by atoms with Crippen molar-refractivity contribution in [3.05, 3.63) is 16.0 Å². The quantitative estimate of drug-likeness (QED) is 0.922. The van der Waals surface area contributed by atoms with Crippen LogP contribution < -0.4 is 5.32 Å². The number of nitriles is 1. The first-order valence-corrected chi connectivity index (χ1v) is 9.10. The molecule has 0 radical (unpaired) electrons. The van der Waals surface area contributed by atoms with Gasteiger partial charge in [0.1, 0.15) is 11.1 Å². The predicted octanol–water partition coefficient (Wildman–Crippen LogP) is 3.72. The Morgan fingerprint density at radius 3 is 2.90 bits per heavy atom. The number of hydrogen-bond donors (Lipinski definition) is 1. The van der Waals surface area contributed by atoms with Gasteiger partial charge in [-0.15, -0.1) is 23.1 Å². The molecule has 1 N–H and O–H groups in total. The summed E-state index contributed by atoms with van der Waals surface area (Å²) in [5.41, 5.74) is 1.89. The molecule has 5 heteroatoms. The first kappa shape index (κ1) is 14.0. The number of thiophene rings is 1. The monoisotopic (exact) mass is 306 g/mol. The van der Waals surface area contributed by atoms with Crippen LogP contribution in [0.15, 0.2) is 0 Å². The Hall–Kier alpha value is -0.990. The summed E-state index contributed by atoms with van der Waals surface area (Å²) in [5, 5.41) is 13.7. The number of fused-ring (bicyclic) bond motifs is 1. The Kier molecular flexibility index (Phi) is 4.32. The van der Waals surface area contributed by atoms with Crippen LogP contribution in [0.4, 0.5) is 5.00 Å². The van der Waals surface area contributed by atoms with Crippen molar-refractivity contribution in [1.29, 1.82) is 5.26 Å². The van der Waals surface area contributed by atoms with Gasteiger partial charge in [-0.2, -0.15) is 5.26 Å². The van der Waals surface area contributed by atoms with E-state index in [0.717, 1.165) is 24.3 Å². The Balaban J connectivity index is 1.60. The minimum atomic E-state index is 0.0401. The third-order valence-electron chi connectivity index (χ3n) is 4.04. The highest BCUT2D eigenvalue weighted by Crippen LogP contribution is 2.38. The van der Waals surface area contributed by atoms with E-state index in [0.29, 0.717) is 16.6 Å². The number of anilines is 1. The van der Waals surface area contributed by atoms with Gasteiger partial charge in [-0.25, -0.2) is 0 Å². The molecule has 0 atom stereocenters. The summed E-state index contributed by atoms with van der Waals surface area (Å²) in [5.74, 6) is 0.552. The summed E-state index contributed by atoms with van der Waals surface area (Å²) in [7, 11) is 0. The number of nitrogens with one attached hydrogen (secondary N) is 1. The second-order valence-corrected chi connectivity index (χ2v) is 7.83. The van der Waals surface area contributed by atoms with Crippen LogP contribution in [-0.2, 0) is 17.6 Å². The van der Waals surface area contributed by atoms with Crippen LogP contribution in [-0.4, -0.2) is 16.9 Å². The lowest BCUT2D eigenvalue weighted by atomic mass is 10.1. The predicted molar refractivity (Wildman–Crippen MR) is 84.4 cm³/mol. The molecule has 1 fully saturated rings. The Labute approximate surface area is 127 Å². The van der Waals surface area contributed by atoms with Gasteiger partial charge >= 0.3 is 0 Å². The molecule has 1 amide bonds. The molecule has 0 aromatic carbocycles. The van der Waals surface area contributed by atoms with E-state index < -0.39 is 0 Å². The summed E-state index contributed by atoms with van der Waals surface area (Å²) >= 11 is 3.36. The lowest BCUT2D eigenvalue weighted by Crippen LogP contribution is -2.15. The van der Waals surface area contributed by atoms with Crippen molar-refractivity contribution in [3.63, 3.8) is 0 Å². The molecule has 1 saturated carbocycles. The van der Waals surface area contributed by atoms with Gasteiger partial charge in [0, 0.05) is 10.1 Å². The standard InChI is InChI=1S/C15H18N2OS2/c16-8-12-11-6-3-7-13(11)20-15(12)17-14(18)9-19-10-4-1-2-5-10/h10H,1-7,9H2,(H,17,18). The highest BCUT2D eigenvalue weighted by Gasteiger charge is 2.23. The minimum Gasteiger partial charge on any atom is -0.316 e. The second-order valence-electron chi connectivity index (χ2n) is 5.44. The Morgan fingerprint density at radius 1 is 1.35 bits per heavy atom. The Morgan fingerprint density at radius 2 is 2.15 bits per heavy atom. The normalized spacial score (nSPS) is 17.9. The first-order valence-electron chi connectivity index (χ1n) is 7.24. The molecule has 0 unspecified atom stereocenters. The number of nitrogens with zero attached hydrogens (tertiary/aromatic N) is 1. The van der Waals surface area contributed by atoms with Gasteiger partial charge in [-0.1, -0.05) is 12.8 Å². The van der Waals surface area contributed by atoms with E-state index in [1.807, 2.05) is 0 Å². The minimum absolute atomic E-state index is 0.0401. The number of carbonyl (C=O) groups excluding carboxylic acids is 1. The van der Waals surface area contributed by atoms with Crippen molar-refractivity contribution < 1.29 is 4.79 Å². The number of hydrogen-bond acceptors (Lipinski definition) is 4. The molecule has 20 heavy (non-hydrogen) atoms. The zero-order valence-electron chi connectivity index (χ0n) is 11.4. The van der Waals surface area contributed by atoms with Crippen LogP contribution in [0.5, 0.6) is 0 Å². The molecule has 2 aliphatic carbocycles. The highest BCUT2D eigenvalue weighted by atomic mass is 32.2. The van der Waals surface area contributed by atoms with E-state index in [1.165, 1.54) is 36.1 Å². The van der Waals surface area contributed by atoms with Gasteiger partial charge < -0.3 is 5.32 Å². The molecule has 3 nitrogen and oxygen atoms in total. The van der Waals surface area contributed by atoms with Crippen LogP contribution in [0.3, 0.4) is 0 Å². The maximum Gasteiger partial charge on any atom is 0.235 e. The van der Waals surface area contributed by atoms with Gasteiger partial charge in [-0.3, -0.25) is 4.79 Å². The summed E-state index contributed by atoms with van der Waals surface area (Å²) in [6, 6.07) is 2.27. The smallest absolute Gasteiger partial charge is 0.235 e. The maximum atomic E-state index is 12.0. The average Bonchev–Trinajstić information content (AvgIpc) is 3.12. The molecule has 2 aliphatic rings. The van der Waals surface area contributed by atoms with Gasteiger partial charge in [0.05, 0.1) is 11.3 Å². The highest BCUT2D eigenvalue weighted by molar-refractivity contribution is 8.00. The maximum absolute atomic E-state index is 12.0. The van der Waals surface area contributed by atoms with Crippen molar-refractivity contribution in [2.75, 3.05) is 11.1 Å². The molecule has 1 heterocycles. The number of carbonyl (C=O) groups is 1. The third kappa shape index (κ3) is 2.87. The van der Waals surface area contributed by atoms with E-state index in [2.05, 4.69) is 11.4 Å². The molecule has 0 saturated heterocycles. The van der Waals surface area contributed by atoms with Crippen molar-refractivity contribution in [2.24, 2.45) is 0 Å². The molecule has 3 rings (SSSR count). The fourth-order valence-corrected chi connectivity index (χ4v) is 5.40. The van der Waals surface area contributed by atoms with E-state index >= 15 is 0 Å². The first-order chi connectivity index (χ1) is 9.78. The molecular formula is C15H18N2OS2. The molecule has 106 valence electrons. The topological polar surface area (TPSA) is 52.9 Å². The molecular weight excluding hydrogens is 288 g/mol. The van der Waals surface area contributed by atoms with Gasteiger partial charge in [-0.05, 0) is 37.7 Å². The van der Waals surface area contributed by atoms with E-state index in [-0.39, 0.29) is 5.91 Å². The fourth-order valence-electron chi connectivity index (χ4n) is 3.02. The van der Waals surface area contributed by atoms with Gasteiger partial charge in [0.15, 0.2) is 0 Å². The number of rotatable bonds is 4. The molecule has 0 aliphatic heterocycles. The summed E-state index contributed by atoms with van der Waals surface area (Å²) in [4.78, 5) is 13.3. The van der Waals surface area contributed by atoms with E-state index in [1.54, 1.807) is 23.1 Å². The van der Waals surface area contributed by atoms with Crippen molar-refractivity contribution >= 4 is 34.0 Å². The van der Waals surface area contributed by atoms with Crippen molar-refractivity contribution in [1.82, 2.24) is 0 Å². The SMILES string of the molecule is N#Cc1c(NC(=O)CSC2CCCC2)sc2c1CCC2. The number of thioether (sulfide) groups is 1. The van der Waals surface area contributed by atoms with E-state index in [9.17, 15) is 10.1 Å².